The van der Waals surface area contributed by atoms with E-state index in [1.54, 1.807) is 0 Å². The summed E-state index contributed by atoms with van der Waals surface area (Å²) in [6.07, 6.45) is 5.87. The molecule has 0 bridgehead atoms. The number of aliphatic hydroxyl groups is 3. The van der Waals surface area contributed by atoms with E-state index in [0.717, 1.165) is 44.9 Å². The second-order valence-electron chi connectivity index (χ2n) is 11.5. The van der Waals surface area contributed by atoms with Crippen molar-refractivity contribution >= 4 is 5.97 Å². The van der Waals surface area contributed by atoms with Crippen LogP contribution in [0.1, 0.15) is 78.6 Å². The molecule has 0 aliphatic heterocycles. The summed E-state index contributed by atoms with van der Waals surface area (Å²) in [4.78, 5) is 11.1. The second kappa shape index (κ2) is 7.49. The molecule has 6 unspecified atom stereocenters. The molecule has 4 fully saturated rings. The summed E-state index contributed by atoms with van der Waals surface area (Å²) in [5, 5.41) is 41.7. The van der Waals surface area contributed by atoms with E-state index < -0.39 is 18.2 Å². The Morgan fingerprint density at radius 3 is 2.28 bits per heavy atom. The molecule has 0 amide bonds. The lowest BCUT2D eigenvalue weighted by Crippen LogP contribution is -2.64. The van der Waals surface area contributed by atoms with Crippen LogP contribution in [0.25, 0.3) is 0 Å². The third-order valence-corrected chi connectivity index (χ3v) is 10.3. The van der Waals surface area contributed by atoms with Crippen molar-refractivity contribution in [2.75, 3.05) is 0 Å². The molecule has 0 radical (unpaired) electrons. The first-order chi connectivity index (χ1) is 13.6. The van der Waals surface area contributed by atoms with Crippen molar-refractivity contribution in [3.05, 3.63) is 0 Å². The standard InChI is InChI=1S/C24H40O5/c1-13(4-7-19(26)27)15-5-6-16-20-17(9-11-23(15,16)2)24(3)10-8-14(25)12-18(24)21(28)22(20)29/h13-18,20-22,25,28-29H,4-12H2,1-3H3,(H,26,27)/t13?,14-,15?,16?,17?,18+,20?,21+,22?,23-,24-/m1/s1. The summed E-state index contributed by atoms with van der Waals surface area (Å²) < 4.78 is 0. The first-order valence-electron chi connectivity index (χ1n) is 11.9. The third kappa shape index (κ3) is 3.27. The Kier molecular flexibility index (Phi) is 5.57. The zero-order valence-corrected chi connectivity index (χ0v) is 18.3. The van der Waals surface area contributed by atoms with Crippen LogP contribution in [-0.2, 0) is 4.79 Å². The summed E-state index contributed by atoms with van der Waals surface area (Å²) in [6, 6.07) is 0. The maximum absolute atomic E-state index is 11.3. The normalized spacial score (nSPS) is 52.9. The number of rotatable bonds is 4. The number of carbonyl (C=O) groups is 1. The second-order valence-corrected chi connectivity index (χ2v) is 11.5. The molecule has 0 heterocycles. The summed E-state index contributed by atoms with van der Waals surface area (Å²) in [6.45, 7) is 6.89. The Bertz CT molecular complexity index is 637. The number of hydrogen-bond acceptors (Lipinski definition) is 4. The molecule has 0 aromatic rings. The SMILES string of the molecule is CC(CCC(=O)O)C1CCC2C3C(O)[C@@H](O)[C@@H]4C[C@H](O)CC[C@]4(C)C3CC[C@]12C. The lowest BCUT2D eigenvalue weighted by molar-refractivity contribution is -0.223. The quantitative estimate of drug-likeness (QED) is 0.571. The largest absolute Gasteiger partial charge is 0.481 e. The molecule has 4 N–H and O–H groups in total. The highest BCUT2D eigenvalue weighted by atomic mass is 16.4. The molecule has 29 heavy (non-hydrogen) atoms. The van der Waals surface area contributed by atoms with E-state index in [1.165, 1.54) is 0 Å². The van der Waals surface area contributed by atoms with Gasteiger partial charge in [0.2, 0.25) is 0 Å². The first kappa shape index (κ1) is 21.6. The van der Waals surface area contributed by atoms with E-state index >= 15 is 0 Å². The van der Waals surface area contributed by atoms with E-state index in [2.05, 4.69) is 20.8 Å². The fourth-order valence-corrected chi connectivity index (χ4v) is 8.77. The van der Waals surface area contributed by atoms with Crippen LogP contribution in [0.4, 0.5) is 0 Å². The van der Waals surface area contributed by atoms with Crippen LogP contribution >= 0.6 is 0 Å². The minimum absolute atomic E-state index is 0.00309. The zero-order valence-electron chi connectivity index (χ0n) is 18.3. The third-order valence-electron chi connectivity index (χ3n) is 10.3. The molecule has 0 aromatic carbocycles. The Balaban J connectivity index is 1.59. The van der Waals surface area contributed by atoms with Crippen molar-refractivity contribution in [3.63, 3.8) is 0 Å². The smallest absolute Gasteiger partial charge is 0.303 e. The fourth-order valence-electron chi connectivity index (χ4n) is 8.77. The minimum atomic E-state index is -0.748. The van der Waals surface area contributed by atoms with E-state index in [4.69, 9.17) is 5.11 Å². The predicted molar refractivity (Wildman–Crippen MR) is 110 cm³/mol. The summed E-state index contributed by atoms with van der Waals surface area (Å²) in [5.74, 6) is 1.06. The number of fused-ring (bicyclic) bond motifs is 5. The Morgan fingerprint density at radius 2 is 1.59 bits per heavy atom. The highest BCUT2D eigenvalue weighted by Crippen LogP contribution is 2.68. The van der Waals surface area contributed by atoms with Gasteiger partial charge in [-0.1, -0.05) is 20.8 Å². The van der Waals surface area contributed by atoms with Gasteiger partial charge in [-0.3, -0.25) is 4.79 Å². The van der Waals surface area contributed by atoms with Crippen LogP contribution < -0.4 is 0 Å². The van der Waals surface area contributed by atoms with Gasteiger partial charge in [-0.25, -0.2) is 0 Å². The fraction of sp³-hybridized carbons (Fsp3) is 0.958. The van der Waals surface area contributed by atoms with Gasteiger partial charge in [0.1, 0.15) is 0 Å². The van der Waals surface area contributed by atoms with Crippen LogP contribution in [0.3, 0.4) is 0 Å². The van der Waals surface area contributed by atoms with Crippen molar-refractivity contribution in [2.45, 2.75) is 96.9 Å². The molecule has 0 spiro atoms. The van der Waals surface area contributed by atoms with Gasteiger partial charge in [0.25, 0.3) is 0 Å². The van der Waals surface area contributed by atoms with Gasteiger partial charge in [-0.15, -0.1) is 0 Å². The molecular formula is C24H40O5. The van der Waals surface area contributed by atoms with Gasteiger partial charge in [-0.2, -0.15) is 0 Å². The van der Waals surface area contributed by atoms with Crippen LogP contribution in [0.5, 0.6) is 0 Å². The first-order valence-corrected chi connectivity index (χ1v) is 11.9. The van der Waals surface area contributed by atoms with E-state index in [-0.39, 0.29) is 35.2 Å². The van der Waals surface area contributed by atoms with Crippen LogP contribution in [0, 0.1) is 46.3 Å². The van der Waals surface area contributed by atoms with Crippen molar-refractivity contribution in [1.82, 2.24) is 0 Å². The molecule has 5 nitrogen and oxygen atoms in total. The maximum atomic E-state index is 11.3. The van der Waals surface area contributed by atoms with Crippen LogP contribution in [0.15, 0.2) is 0 Å². The molecule has 4 rings (SSSR count). The summed E-state index contributed by atoms with van der Waals surface area (Å²) in [5.41, 5.74) is 0.119. The van der Waals surface area contributed by atoms with Crippen molar-refractivity contribution in [2.24, 2.45) is 46.3 Å². The molecule has 5 heteroatoms. The molecule has 166 valence electrons. The van der Waals surface area contributed by atoms with Crippen molar-refractivity contribution in [3.8, 4) is 0 Å². The average Bonchev–Trinajstić information content (AvgIpc) is 3.02. The Hall–Kier alpha value is -0.650. The summed E-state index contributed by atoms with van der Waals surface area (Å²) >= 11 is 0. The van der Waals surface area contributed by atoms with Gasteiger partial charge >= 0.3 is 5.97 Å². The molecule has 11 atom stereocenters. The van der Waals surface area contributed by atoms with E-state index in [1.807, 2.05) is 0 Å². The van der Waals surface area contributed by atoms with Gasteiger partial charge in [0.05, 0.1) is 18.3 Å². The Labute approximate surface area is 174 Å². The zero-order chi connectivity index (χ0) is 21.1. The molecule has 4 aliphatic rings. The van der Waals surface area contributed by atoms with Crippen molar-refractivity contribution in [1.29, 1.82) is 0 Å². The number of aliphatic hydroxyl groups excluding tert-OH is 3. The highest BCUT2D eigenvalue weighted by molar-refractivity contribution is 5.66. The summed E-state index contributed by atoms with van der Waals surface area (Å²) in [7, 11) is 0. The van der Waals surface area contributed by atoms with E-state index in [0.29, 0.717) is 30.1 Å². The number of aliphatic carboxylic acids is 1. The van der Waals surface area contributed by atoms with Gasteiger partial charge in [0, 0.05) is 6.42 Å². The molecule has 4 aliphatic carbocycles. The predicted octanol–water partition coefficient (Wildman–Crippen LogP) is 3.45. The molecular weight excluding hydrogens is 368 g/mol. The van der Waals surface area contributed by atoms with Crippen molar-refractivity contribution < 1.29 is 25.2 Å². The molecule has 4 saturated carbocycles. The number of hydrogen-bond donors (Lipinski definition) is 4. The van der Waals surface area contributed by atoms with Crippen LogP contribution in [-0.4, -0.2) is 44.7 Å². The monoisotopic (exact) mass is 408 g/mol. The molecule has 0 saturated heterocycles. The highest BCUT2D eigenvalue weighted by Gasteiger charge is 2.65. The lowest BCUT2D eigenvalue weighted by atomic mass is 9.43. The van der Waals surface area contributed by atoms with Gasteiger partial charge in [0.15, 0.2) is 0 Å². The average molecular weight is 409 g/mol. The van der Waals surface area contributed by atoms with Crippen LogP contribution in [0.2, 0.25) is 0 Å². The topological polar surface area (TPSA) is 98.0 Å². The van der Waals surface area contributed by atoms with E-state index in [9.17, 15) is 20.1 Å². The minimum Gasteiger partial charge on any atom is -0.481 e. The maximum Gasteiger partial charge on any atom is 0.303 e. The molecule has 0 aromatic heterocycles. The lowest BCUT2D eigenvalue weighted by Gasteiger charge is -2.63. The number of carboxylic acid groups (broad SMARTS) is 1. The Morgan fingerprint density at radius 1 is 0.931 bits per heavy atom. The van der Waals surface area contributed by atoms with Gasteiger partial charge < -0.3 is 20.4 Å². The number of carboxylic acids is 1. The van der Waals surface area contributed by atoms with Gasteiger partial charge in [-0.05, 0) is 97.7 Å².